The molecule has 0 spiro atoms. The van der Waals surface area contributed by atoms with Crippen LogP contribution in [-0.4, -0.2) is 33.8 Å². The van der Waals surface area contributed by atoms with Gasteiger partial charge in [-0.15, -0.1) is 0 Å². The van der Waals surface area contributed by atoms with Gasteiger partial charge in [-0.25, -0.2) is 4.98 Å². The Balaban J connectivity index is 1.61. The summed E-state index contributed by atoms with van der Waals surface area (Å²) in [5, 5.41) is 2.88. The normalized spacial score (nSPS) is 17.6. The summed E-state index contributed by atoms with van der Waals surface area (Å²) in [6.45, 7) is 4.43. The molecule has 22 heavy (non-hydrogen) atoms. The second-order valence-electron chi connectivity index (χ2n) is 6.73. The second kappa shape index (κ2) is 6.10. The summed E-state index contributed by atoms with van der Waals surface area (Å²) >= 11 is 0. The van der Waals surface area contributed by atoms with Crippen LogP contribution in [0.25, 0.3) is 0 Å². The van der Waals surface area contributed by atoms with E-state index in [1.165, 1.54) is 6.26 Å². The number of nitrogens with one attached hydrogen (secondary N) is 1. The Morgan fingerprint density at radius 2 is 2.09 bits per heavy atom. The number of hydrogen-bond acceptors (Lipinski definition) is 4. The van der Waals surface area contributed by atoms with Crippen molar-refractivity contribution in [2.45, 2.75) is 64.6 Å². The molecule has 1 heterocycles. The van der Waals surface area contributed by atoms with Crippen LogP contribution in [0.15, 0.2) is 10.7 Å². The molecular weight excluding hydrogens is 282 g/mol. The molecular formula is C16H23N3O3. The maximum atomic E-state index is 12.3. The van der Waals surface area contributed by atoms with Crippen molar-refractivity contribution < 1.29 is 14.0 Å². The zero-order valence-electron chi connectivity index (χ0n) is 13.2. The third kappa shape index (κ3) is 3.87. The van der Waals surface area contributed by atoms with Gasteiger partial charge in [0.05, 0.1) is 6.54 Å². The molecule has 6 nitrogen and oxygen atoms in total. The average Bonchev–Trinajstić information content (AvgIpc) is 3.36. The van der Waals surface area contributed by atoms with Gasteiger partial charge in [-0.3, -0.25) is 9.59 Å². The van der Waals surface area contributed by atoms with Gasteiger partial charge in [0.25, 0.3) is 5.91 Å². The van der Waals surface area contributed by atoms with Gasteiger partial charge in [0.2, 0.25) is 11.8 Å². The lowest BCUT2D eigenvalue weighted by Gasteiger charge is -2.21. The summed E-state index contributed by atoms with van der Waals surface area (Å²) in [4.78, 5) is 30.3. The summed E-state index contributed by atoms with van der Waals surface area (Å²) in [7, 11) is 0. The maximum Gasteiger partial charge on any atom is 0.273 e. The third-order valence-corrected chi connectivity index (χ3v) is 3.89. The zero-order valence-corrected chi connectivity index (χ0v) is 13.2. The highest BCUT2D eigenvalue weighted by molar-refractivity contribution is 5.92. The van der Waals surface area contributed by atoms with E-state index >= 15 is 0 Å². The van der Waals surface area contributed by atoms with E-state index in [1.54, 1.807) is 0 Å². The van der Waals surface area contributed by atoms with Crippen molar-refractivity contribution in [3.05, 3.63) is 17.8 Å². The van der Waals surface area contributed by atoms with Gasteiger partial charge in [0, 0.05) is 18.5 Å². The lowest BCUT2D eigenvalue weighted by Crippen LogP contribution is -2.33. The van der Waals surface area contributed by atoms with Crippen molar-refractivity contribution in [3.63, 3.8) is 0 Å². The van der Waals surface area contributed by atoms with E-state index in [-0.39, 0.29) is 11.8 Å². The van der Waals surface area contributed by atoms with Crippen LogP contribution in [0.4, 0.5) is 0 Å². The lowest BCUT2D eigenvalue weighted by atomic mass is 10.1. The minimum Gasteiger partial charge on any atom is -0.446 e. The van der Waals surface area contributed by atoms with Gasteiger partial charge < -0.3 is 14.6 Å². The van der Waals surface area contributed by atoms with Gasteiger partial charge in [0.1, 0.15) is 6.26 Å². The van der Waals surface area contributed by atoms with Crippen molar-refractivity contribution >= 4 is 11.8 Å². The molecule has 3 rings (SSSR count). The lowest BCUT2D eigenvalue weighted by molar-refractivity contribution is -0.133. The molecule has 0 radical (unpaired) electrons. The van der Waals surface area contributed by atoms with Gasteiger partial charge in [0.15, 0.2) is 5.69 Å². The van der Waals surface area contributed by atoms with Crippen LogP contribution in [-0.2, 0) is 11.3 Å². The van der Waals surface area contributed by atoms with Crippen molar-refractivity contribution in [1.82, 2.24) is 15.2 Å². The summed E-state index contributed by atoms with van der Waals surface area (Å²) < 4.78 is 5.39. The van der Waals surface area contributed by atoms with Crippen LogP contribution >= 0.6 is 0 Å². The number of amides is 2. The molecule has 6 heteroatoms. The molecule has 1 aromatic heterocycles. The van der Waals surface area contributed by atoms with E-state index in [0.717, 1.165) is 25.7 Å². The smallest absolute Gasteiger partial charge is 0.273 e. The SMILES string of the molecule is CC(C)CC(=O)N(Cc1nc(C(=O)NC2CC2)co1)C1CC1. The maximum absolute atomic E-state index is 12.3. The Morgan fingerprint density at radius 1 is 1.36 bits per heavy atom. The fourth-order valence-corrected chi connectivity index (χ4v) is 2.39. The summed E-state index contributed by atoms with van der Waals surface area (Å²) in [6, 6.07) is 0.602. The van der Waals surface area contributed by atoms with Crippen LogP contribution in [0, 0.1) is 5.92 Å². The topological polar surface area (TPSA) is 75.4 Å². The first-order chi connectivity index (χ1) is 10.5. The number of nitrogens with zero attached hydrogens (tertiary/aromatic N) is 2. The highest BCUT2D eigenvalue weighted by atomic mass is 16.3. The van der Waals surface area contributed by atoms with Crippen LogP contribution < -0.4 is 5.32 Å². The molecule has 120 valence electrons. The molecule has 0 saturated heterocycles. The molecule has 0 aromatic carbocycles. The summed E-state index contributed by atoms with van der Waals surface area (Å²) in [5.41, 5.74) is 0.300. The Hall–Kier alpha value is -1.85. The minimum atomic E-state index is -0.191. The average molecular weight is 305 g/mol. The Bertz CT molecular complexity index is 559. The molecule has 2 aliphatic rings. The molecule has 1 aromatic rings. The molecule has 2 amide bonds. The molecule has 0 aliphatic heterocycles. The Labute approximate surface area is 130 Å². The van der Waals surface area contributed by atoms with Gasteiger partial charge in [-0.2, -0.15) is 0 Å². The molecule has 2 aliphatic carbocycles. The largest absolute Gasteiger partial charge is 0.446 e. The highest BCUT2D eigenvalue weighted by Gasteiger charge is 2.34. The molecule has 0 unspecified atom stereocenters. The minimum absolute atomic E-state index is 0.139. The first-order valence-corrected chi connectivity index (χ1v) is 8.07. The number of carbonyl (C=O) groups excluding carboxylic acids is 2. The quantitative estimate of drug-likeness (QED) is 0.837. The monoisotopic (exact) mass is 305 g/mol. The summed E-state index contributed by atoms with van der Waals surface area (Å²) in [5.74, 6) is 0.715. The second-order valence-corrected chi connectivity index (χ2v) is 6.73. The van der Waals surface area contributed by atoms with Gasteiger partial charge in [-0.05, 0) is 31.6 Å². The van der Waals surface area contributed by atoms with Gasteiger partial charge >= 0.3 is 0 Å². The van der Waals surface area contributed by atoms with Crippen LogP contribution in [0.1, 0.15) is 62.3 Å². The first-order valence-electron chi connectivity index (χ1n) is 8.07. The molecule has 2 fully saturated rings. The predicted molar refractivity (Wildman–Crippen MR) is 80.0 cm³/mol. The molecule has 2 saturated carbocycles. The van der Waals surface area contributed by atoms with Crippen molar-refractivity contribution in [1.29, 1.82) is 0 Å². The number of oxazole rings is 1. The Kier molecular flexibility index (Phi) is 4.18. The van der Waals surface area contributed by atoms with E-state index in [9.17, 15) is 9.59 Å². The fourth-order valence-electron chi connectivity index (χ4n) is 2.39. The molecule has 1 N–H and O–H groups in total. The predicted octanol–water partition coefficient (Wildman–Crippen LogP) is 2.10. The molecule has 0 bridgehead atoms. The van der Waals surface area contributed by atoms with Crippen molar-refractivity contribution in [3.8, 4) is 0 Å². The van der Waals surface area contributed by atoms with E-state index in [0.29, 0.717) is 42.6 Å². The van der Waals surface area contributed by atoms with Gasteiger partial charge in [-0.1, -0.05) is 13.8 Å². The van der Waals surface area contributed by atoms with E-state index in [2.05, 4.69) is 10.3 Å². The fraction of sp³-hybridized carbons (Fsp3) is 0.688. The number of hydrogen-bond donors (Lipinski definition) is 1. The zero-order chi connectivity index (χ0) is 15.7. The third-order valence-electron chi connectivity index (χ3n) is 3.89. The van der Waals surface area contributed by atoms with E-state index in [4.69, 9.17) is 4.42 Å². The number of aromatic nitrogens is 1. The summed E-state index contributed by atoms with van der Waals surface area (Å²) in [6.07, 6.45) is 6.07. The standard InChI is InChI=1S/C16H23N3O3/c1-10(2)7-15(20)19(12-5-6-12)8-14-18-13(9-22-14)16(21)17-11-3-4-11/h9-12H,3-8H2,1-2H3,(H,17,21). The molecule has 0 atom stereocenters. The first kappa shape index (κ1) is 15.1. The van der Waals surface area contributed by atoms with Crippen LogP contribution in [0.3, 0.4) is 0 Å². The van der Waals surface area contributed by atoms with E-state index in [1.807, 2.05) is 18.7 Å². The number of rotatable bonds is 7. The number of carbonyl (C=O) groups is 2. The van der Waals surface area contributed by atoms with Crippen LogP contribution in [0.2, 0.25) is 0 Å². The van der Waals surface area contributed by atoms with Crippen LogP contribution in [0.5, 0.6) is 0 Å². The Morgan fingerprint density at radius 3 is 2.68 bits per heavy atom. The highest BCUT2D eigenvalue weighted by Crippen LogP contribution is 2.29. The van der Waals surface area contributed by atoms with Crippen molar-refractivity contribution in [2.75, 3.05) is 0 Å². The van der Waals surface area contributed by atoms with E-state index < -0.39 is 0 Å². The van der Waals surface area contributed by atoms with Crippen molar-refractivity contribution in [2.24, 2.45) is 5.92 Å².